The van der Waals surface area contributed by atoms with Crippen LogP contribution in [-0.2, 0) is 19.0 Å². The van der Waals surface area contributed by atoms with Crippen molar-refractivity contribution in [3.8, 4) is 0 Å². The zero-order chi connectivity index (χ0) is 12.2. The summed E-state index contributed by atoms with van der Waals surface area (Å²) in [5.74, 6) is 0. The fourth-order valence-electron chi connectivity index (χ4n) is 0.969. The first-order valence-corrected chi connectivity index (χ1v) is 6.47. The first kappa shape index (κ1) is 13.7. The third-order valence-corrected chi connectivity index (χ3v) is 3.72. The van der Waals surface area contributed by atoms with Crippen LogP contribution in [0.4, 0.5) is 0 Å². The predicted octanol–water partition coefficient (Wildman–Crippen LogP) is 2.35. The molecule has 0 N–H and O–H groups in total. The highest BCUT2D eigenvalue weighted by atomic mass is 35.5. The number of methoxy groups -OCH3 is 1. The topological polar surface area (TPSA) is 52.6 Å². The Bertz CT molecular complexity index is 459. The van der Waals surface area contributed by atoms with E-state index in [-0.39, 0.29) is 23.1 Å². The molecule has 0 aromatic heterocycles. The van der Waals surface area contributed by atoms with Gasteiger partial charge < -0.3 is 4.74 Å². The maximum absolute atomic E-state index is 11.6. The van der Waals surface area contributed by atoms with E-state index in [0.717, 1.165) is 0 Å². The smallest absolute Gasteiger partial charge is 0.298 e. The SMILES string of the molecule is COCCOS(=O)(=O)c1ccc(Cl)cc1Cl. The average molecular weight is 285 g/mol. The number of hydrogen-bond acceptors (Lipinski definition) is 4. The lowest BCUT2D eigenvalue weighted by molar-refractivity contribution is 0.149. The molecule has 7 heteroatoms. The van der Waals surface area contributed by atoms with Gasteiger partial charge in [-0.3, -0.25) is 4.18 Å². The number of ether oxygens (including phenoxy) is 1. The van der Waals surface area contributed by atoms with Crippen LogP contribution in [-0.4, -0.2) is 28.7 Å². The van der Waals surface area contributed by atoms with Crippen molar-refractivity contribution in [3.63, 3.8) is 0 Å². The van der Waals surface area contributed by atoms with Gasteiger partial charge in [0.2, 0.25) is 0 Å². The van der Waals surface area contributed by atoms with Gasteiger partial charge in [-0.2, -0.15) is 8.42 Å². The normalized spacial score (nSPS) is 11.7. The second-order valence-corrected chi connectivity index (χ2v) is 5.27. The van der Waals surface area contributed by atoms with Gasteiger partial charge in [0.05, 0.1) is 18.2 Å². The van der Waals surface area contributed by atoms with E-state index in [1.807, 2.05) is 0 Å². The highest BCUT2D eigenvalue weighted by Gasteiger charge is 2.18. The molecule has 1 rings (SSSR count). The van der Waals surface area contributed by atoms with Gasteiger partial charge in [-0.1, -0.05) is 23.2 Å². The van der Waals surface area contributed by atoms with E-state index in [1.54, 1.807) is 0 Å². The summed E-state index contributed by atoms with van der Waals surface area (Å²) in [5.41, 5.74) is 0. The first-order valence-electron chi connectivity index (χ1n) is 4.31. The molecule has 0 heterocycles. The molecule has 1 aromatic rings. The Morgan fingerprint density at radius 3 is 2.50 bits per heavy atom. The second kappa shape index (κ2) is 5.84. The summed E-state index contributed by atoms with van der Waals surface area (Å²) in [4.78, 5) is -0.102. The van der Waals surface area contributed by atoms with Crippen molar-refractivity contribution in [2.75, 3.05) is 20.3 Å². The van der Waals surface area contributed by atoms with Gasteiger partial charge in [-0.25, -0.2) is 0 Å². The third-order valence-electron chi connectivity index (χ3n) is 1.69. The summed E-state index contributed by atoms with van der Waals surface area (Å²) < 4.78 is 32.6. The Morgan fingerprint density at radius 1 is 1.25 bits per heavy atom. The van der Waals surface area contributed by atoms with Crippen molar-refractivity contribution in [1.29, 1.82) is 0 Å². The summed E-state index contributed by atoms with van der Waals surface area (Å²) in [6, 6.07) is 4.07. The maximum atomic E-state index is 11.6. The van der Waals surface area contributed by atoms with Crippen LogP contribution in [0.1, 0.15) is 0 Å². The molecule has 90 valence electrons. The standard InChI is InChI=1S/C9H10Cl2O4S/c1-14-4-5-15-16(12,13)9-3-2-7(10)6-8(9)11/h2-3,6H,4-5H2,1H3. The molecule has 16 heavy (non-hydrogen) atoms. The van der Waals surface area contributed by atoms with Gasteiger partial charge in [-0.15, -0.1) is 0 Å². The molecular formula is C9H10Cl2O4S. The van der Waals surface area contributed by atoms with Gasteiger partial charge in [0, 0.05) is 12.1 Å². The Hall–Kier alpha value is -0.330. The fourth-order valence-corrected chi connectivity index (χ4v) is 2.61. The van der Waals surface area contributed by atoms with Crippen molar-refractivity contribution < 1.29 is 17.3 Å². The van der Waals surface area contributed by atoms with Crippen molar-refractivity contribution in [1.82, 2.24) is 0 Å². The van der Waals surface area contributed by atoms with Crippen LogP contribution in [0.15, 0.2) is 23.1 Å². The molecule has 0 saturated heterocycles. The lowest BCUT2D eigenvalue weighted by Gasteiger charge is -2.06. The highest BCUT2D eigenvalue weighted by Crippen LogP contribution is 2.26. The van der Waals surface area contributed by atoms with E-state index in [1.165, 1.54) is 25.3 Å². The highest BCUT2D eigenvalue weighted by molar-refractivity contribution is 7.86. The fraction of sp³-hybridized carbons (Fsp3) is 0.333. The van der Waals surface area contributed by atoms with E-state index in [4.69, 9.17) is 27.4 Å². The van der Waals surface area contributed by atoms with E-state index in [2.05, 4.69) is 4.74 Å². The molecule has 0 spiro atoms. The van der Waals surface area contributed by atoms with Gasteiger partial charge in [-0.05, 0) is 18.2 Å². The minimum Gasteiger partial charge on any atom is -0.382 e. The molecule has 4 nitrogen and oxygen atoms in total. The number of halogens is 2. The van der Waals surface area contributed by atoms with Crippen LogP contribution < -0.4 is 0 Å². The van der Waals surface area contributed by atoms with E-state index in [9.17, 15) is 8.42 Å². The monoisotopic (exact) mass is 284 g/mol. The van der Waals surface area contributed by atoms with E-state index >= 15 is 0 Å². The molecule has 0 unspecified atom stereocenters. The quantitative estimate of drug-likeness (QED) is 0.615. The summed E-state index contributed by atoms with van der Waals surface area (Å²) in [6.07, 6.45) is 0. The lowest BCUT2D eigenvalue weighted by atomic mass is 10.4. The molecule has 0 aliphatic rings. The molecule has 0 aliphatic carbocycles. The maximum Gasteiger partial charge on any atom is 0.298 e. The van der Waals surface area contributed by atoms with Crippen molar-refractivity contribution in [3.05, 3.63) is 28.2 Å². The van der Waals surface area contributed by atoms with Crippen molar-refractivity contribution in [2.45, 2.75) is 4.90 Å². The minimum absolute atomic E-state index is 0.0323. The molecule has 0 bridgehead atoms. The molecule has 0 atom stereocenters. The minimum atomic E-state index is -3.85. The van der Waals surface area contributed by atoms with Crippen LogP contribution in [0.25, 0.3) is 0 Å². The van der Waals surface area contributed by atoms with Gasteiger partial charge in [0.1, 0.15) is 4.90 Å². The summed E-state index contributed by atoms with van der Waals surface area (Å²) in [5, 5.41) is 0.394. The largest absolute Gasteiger partial charge is 0.382 e. The Morgan fingerprint density at radius 2 is 1.94 bits per heavy atom. The van der Waals surface area contributed by atoms with Crippen LogP contribution in [0.3, 0.4) is 0 Å². The number of rotatable bonds is 5. The molecule has 0 radical (unpaired) electrons. The molecule has 0 amide bonds. The summed E-state index contributed by atoms with van der Waals surface area (Å²) in [7, 11) is -2.40. The van der Waals surface area contributed by atoms with Crippen molar-refractivity contribution in [2.24, 2.45) is 0 Å². The Balaban J connectivity index is 2.90. The summed E-state index contributed by atoms with van der Waals surface area (Å²) in [6.45, 7) is 0.127. The van der Waals surface area contributed by atoms with E-state index in [0.29, 0.717) is 5.02 Å². The zero-order valence-electron chi connectivity index (χ0n) is 8.44. The number of hydrogen-bond donors (Lipinski definition) is 0. The predicted molar refractivity (Wildman–Crippen MR) is 61.5 cm³/mol. The van der Waals surface area contributed by atoms with Gasteiger partial charge >= 0.3 is 0 Å². The van der Waals surface area contributed by atoms with Gasteiger partial charge in [0.25, 0.3) is 10.1 Å². The zero-order valence-corrected chi connectivity index (χ0v) is 10.8. The van der Waals surface area contributed by atoms with Crippen LogP contribution >= 0.6 is 23.2 Å². The third kappa shape index (κ3) is 3.61. The lowest BCUT2D eigenvalue weighted by Crippen LogP contribution is -2.11. The molecule has 0 fully saturated rings. The average Bonchev–Trinajstić information content (AvgIpc) is 2.17. The first-order chi connectivity index (χ1) is 7.47. The van der Waals surface area contributed by atoms with Gasteiger partial charge in [0.15, 0.2) is 0 Å². The molecule has 0 aliphatic heterocycles. The Kier molecular flexibility index (Phi) is 5.01. The Labute approximate surface area is 104 Å². The van der Waals surface area contributed by atoms with Crippen LogP contribution in [0.2, 0.25) is 10.0 Å². The summed E-state index contributed by atoms with van der Waals surface area (Å²) >= 11 is 11.4. The van der Waals surface area contributed by atoms with Crippen LogP contribution in [0, 0.1) is 0 Å². The molecular weight excluding hydrogens is 275 g/mol. The second-order valence-electron chi connectivity index (χ2n) is 2.84. The molecule has 0 saturated carbocycles. The van der Waals surface area contributed by atoms with E-state index < -0.39 is 10.1 Å². The van der Waals surface area contributed by atoms with Crippen molar-refractivity contribution >= 4 is 33.3 Å². The molecule has 1 aromatic carbocycles. The van der Waals surface area contributed by atoms with Crippen LogP contribution in [0.5, 0.6) is 0 Å². The number of benzene rings is 1.